The van der Waals surface area contributed by atoms with Crippen molar-refractivity contribution < 1.29 is 4.79 Å². The maximum absolute atomic E-state index is 13.3. The number of rotatable bonds is 6. The summed E-state index contributed by atoms with van der Waals surface area (Å²) in [7, 11) is 0. The summed E-state index contributed by atoms with van der Waals surface area (Å²) >= 11 is 2.73. The molecule has 0 aliphatic rings. The van der Waals surface area contributed by atoms with E-state index in [1.807, 2.05) is 38.1 Å². The van der Waals surface area contributed by atoms with Crippen LogP contribution >= 0.6 is 23.1 Å². The molecular formula is C22H20N4O3S2. The summed E-state index contributed by atoms with van der Waals surface area (Å²) in [6.07, 6.45) is 0. The molecule has 31 heavy (non-hydrogen) atoms. The zero-order valence-electron chi connectivity index (χ0n) is 17.0. The second-order valence-electron chi connectivity index (χ2n) is 6.83. The molecule has 2 aromatic heterocycles. The molecule has 0 radical (unpaired) electrons. The number of aromatic nitrogens is 3. The van der Waals surface area contributed by atoms with Crippen LogP contribution in [0.1, 0.15) is 12.5 Å². The number of amides is 1. The van der Waals surface area contributed by atoms with Crippen LogP contribution in [0.15, 0.2) is 68.5 Å². The predicted molar refractivity (Wildman–Crippen MR) is 126 cm³/mol. The number of aryl methyl sites for hydroxylation is 1. The highest BCUT2D eigenvalue weighted by molar-refractivity contribution is 8.01. The number of carbonyl (C=O) groups is 1. The van der Waals surface area contributed by atoms with Crippen molar-refractivity contribution in [1.29, 1.82) is 0 Å². The van der Waals surface area contributed by atoms with Crippen molar-refractivity contribution in [3.63, 3.8) is 0 Å². The first-order chi connectivity index (χ1) is 15.0. The molecule has 0 unspecified atom stereocenters. The Morgan fingerprint density at radius 2 is 1.90 bits per heavy atom. The monoisotopic (exact) mass is 452 g/mol. The number of hydrogen-bond acceptors (Lipinski definition) is 6. The number of nitrogens with zero attached hydrogens (tertiary/aromatic N) is 3. The summed E-state index contributed by atoms with van der Waals surface area (Å²) in [5.41, 5.74) is 1.32. The summed E-state index contributed by atoms with van der Waals surface area (Å²) in [6.45, 7) is 3.67. The van der Waals surface area contributed by atoms with Crippen molar-refractivity contribution >= 4 is 45.0 Å². The van der Waals surface area contributed by atoms with Gasteiger partial charge in [-0.2, -0.15) is 0 Å². The summed E-state index contributed by atoms with van der Waals surface area (Å²) in [5, 5.41) is 2.81. The fraction of sp³-hybridized carbons (Fsp3) is 0.182. The van der Waals surface area contributed by atoms with Gasteiger partial charge in [-0.15, -0.1) is 11.3 Å². The van der Waals surface area contributed by atoms with E-state index in [4.69, 9.17) is 0 Å². The molecule has 2 aromatic carbocycles. The van der Waals surface area contributed by atoms with Crippen molar-refractivity contribution in [3.8, 4) is 5.69 Å². The fourth-order valence-electron chi connectivity index (χ4n) is 3.21. The lowest BCUT2D eigenvalue weighted by molar-refractivity contribution is -0.116. The van der Waals surface area contributed by atoms with E-state index in [1.54, 1.807) is 30.3 Å². The lowest BCUT2D eigenvalue weighted by atomic mass is 10.2. The van der Waals surface area contributed by atoms with Gasteiger partial charge in [0.15, 0.2) is 9.99 Å². The third-order valence-electron chi connectivity index (χ3n) is 4.55. The van der Waals surface area contributed by atoms with Gasteiger partial charge < -0.3 is 5.32 Å². The van der Waals surface area contributed by atoms with Gasteiger partial charge in [0.1, 0.15) is 11.2 Å². The minimum absolute atomic E-state index is 0.238. The van der Waals surface area contributed by atoms with Gasteiger partial charge >= 0.3 is 5.69 Å². The smallest absolute Gasteiger partial charge is 0.325 e. The molecule has 9 heteroatoms. The molecule has 0 atom stereocenters. The molecule has 0 bridgehead atoms. The lowest BCUT2D eigenvalue weighted by Gasteiger charge is -2.12. The molecule has 0 aliphatic carbocycles. The maximum Gasteiger partial charge on any atom is 0.337 e. The molecule has 7 nitrogen and oxygen atoms in total. The Balaban J connectivity index is 1.83. The predicted octanol–water partition coefficient (Wildman–Crippen LogP) is 3.67. The van der Waals surface area contributed by atoms with E-state index in [1.165, 1.54) is 27.7 Å². The van der Waals surface area contributed by atoms with Gasteiger partial charge in [0, 0.05) is 5.69 Å². The normalized spacial score (nSPS) is 11.0. The Kier molecular flexibility index (Phi) is 6.06. The third kappa shape index (κ3) is 4.33. The van der Waals surface area contributed by atoms with Crippen molar-refractivity contribution in [2.75, 3.05) is 11.1 Å². The Labute approximate surface area is 186 Å². The number of nitrogens with one attached hydrogen (secondary N) is 1. The van der Waals surface area contributed by atoms with Gasteiger partial charge in [-0.25, -0.2) is 14.3 Å². The minimum Gasteiger partial charge on any atom is -0.325 e. The van der Waals surface area contributed by atoms with E-state index >= 15 is 0 Å². The van der Waals surface area contributed by atoms with Crippen molar-refractivity contribution in [2.24, 2.45) is 0 Å². The Hall–Kier alpha value is -3.17. The van der Waals surface area contributed by atoms with Crippen LogP contribution in [-0.2, 0) is 11.3 Å². The number of thioether (sulfide) groups is 1. The highest BCUT2D eigenvalue weighted by Gasteiger charge is 2.20. The maximum atomic E-state index is 13.3. The molecule has 0 spiro atoms. The van der Waals surface area contributed by atoms with Gasteiger partial charge in [-0.3, -0.25) is 14.2 Å². The quantitative estimate of drug-likeness (QED) is 0.451. The minimum atomic E-state index is -0.596. The van der Waals surface area contributed by atoms with E-state index < -0.39 is 11.2 Å². The lowest BCUT2D eigenvalue weighted by Crippen LogP contribution is -2.40. The average molecular weight is 453 g/mol. The van der Waals surface area contributed by atoms with E-state index in [0.717, 1.165) is 15.9 Å². The second kappa shape index (κ2) is 8.91. The largest absolute Gasteiger partial charge is 0.337 e. The van der Waals surface area contributed by atoms with E-state index in [2.05, 4.69) is 10.3 Å². The molecule has 1 N–H and O–H groups in total. The molecule has 4 aromatic rings. The zero-order valence-corrected chi connectivity index (χ0v) is 18.6. The number of fused-ring (bicyclic) bond motifs is 1. The van der Waals surface area contributed by atoms with Crippen LogP contribution in [0.25, 0.3) is 16.0 Å². The SMILES string of the molecule is CCSc1nc2c(s1)c(=O)n(-c1ccccc1)c(=O)n2CC(=O)Nc1cccc(C)c1. The van der Waals surface area contributed by atoms with Gasteiger partial charge in [0.25, 0.3) is 5.56 Å². The molecule has 0 saturated carbocycles. The summed E-state index contributed by atoms with van der Waals surface area (Å²) in [6, 6.07) is 16.1. The van der Waals surface area contributed by atoms with E-state index in [-0.39, 0.29) is 18.1 Å². The van der Waals surface area contributed by atoms with E-state index in [9.17, 15) is 14.4 Å². The van der Waals surface area contributed by atoms with Gasteiger partial charge in [-0.1, -0.05) is 49.0 Å². The first-order valence-corrected chi connectivity index (χ1v) is 11.5. The molecule has 158 valence electrons. The first kappa shape index (κ1) is 21.1. The van der Waals surface area contributed by atoms with Gasteiger partial charge in [0.05, 0.1) is 5.69 Å². The summed E-state index contributed by atoms with van der Waals surface area (Å²) < 4.78 is 3.40. The number of anilines is 1. The molecule has 0 saturated heterocycles. The molecule has 0 aliphatic heterocycles. The van der Waals surface area contributed by atoms with Crippen LogP contribution in [0.5, 0.6) is 0 Å². The standard InChI is InChI=1S/C22H20N4O3S2/c1-3-30-21-24-19-18(31-21)20(28)26(16-10-5-4-6-11-16)22(29)25(19)13-17(27)23-15-9-7-8-14(2)12-15/h4-12H,3,13H2,1-2H3,(H,23,27). The topological polar surface area (TPSA) is 86.0 Å². The number of carbonyl (C=O) groups excluding carboxylic acids is 1. The summed E-state index contributed by atoms with van der Waals surface area (Å²) in [5.74, 6) is 0.412. The number of thiazole rings is 1. The van der Waals surface area contributed by atoms with Crippen molar-refractivity contribution in [1.82, 2.24) is 14.1 Å². The second-order valence-corrected chi connectivity index (χ2v) is 9.34. The zero-order chi connectivity index (χ0) is 22.0. The Bertz CT molecular complexity index is 1370. The van der Waals surface area contributed by atoms with Crippen LogP contribution in [0.2, 0.25) is 0 Å². The van der Waals surface area contributed by atoms with Crippen LogP contribution in [0, 0.1) is 6.92 Å². The van der Waals surface area contributed by atoms with Gasteiger partial charge in [0.2, 0.25) is 5.91 Å². The van der Waals surface area contributed by atoms with Crippen molar-refractivity contribution in [3.05, 3.63) is 81.0 Å². The Morgan fingerprint density at radius 1 is 1.13 bits per heavy atom. The first-order valence-electron chi connectivity index (χ1n) is 9.69. The van der Waals surface area contributed by atoms with Gasteiger partial charge in [-0.05, 0) is 42.5 Å². The molecular weight excluding hydrogens is 432 g/mol. The highest BCUT2D eigenvalue weighted by atomic mass is 32.2. The molecule has 4 rings (SSSR count). The Morgan fingerprint density at radius 3 is 2.61 bits per heavy atom. The molecule has 0 fully saturated rings. The van der Waals surface area contributed by atoms with Crippen LogP contribution < -0.4 is 16.6 Å². The summed E-state index contributed by atoms with van der Waals surface area (Å²) in [4.78, 5) is 43.7. The average Bonchev–Trinajstić information content (AvgIpc) is 3.16. The number of para-hydroxylation sites is 1. The van der Waals surface area contributed by atoms with Crippen LogP contribution in [-0.4, -0.2) is 25.8 Å². The van der Waals surface area contributed by atoms with E-state index in [0.29, 0.717) is 20.4 Å². The molecule has 2 heterocycles. The van der Waals surface area contributed by atoms with Crippen molar-refractivity contribution in [2.45, 2.75) is 24.7 Å². The van der Waals surface area contributed by atoms with Crippen LogP contribution in [0.4, 0.5) is 5.69 Å². The molecule has 1 amide bonds. The highest BCUT2D eigenvalue weighted by Crippen LogP contribution is 2.27. The number of hydrogen-bond donors (Lipinski definition) is 1. The fourth-order valence-corrected chi connectivity index (χ4v) is 5.18. The number of benzene rings is 2. The van der Waals surface area contributed by atoms with Crippen LogP contribution in [0.3, 0.4) is 0 Å². The third-order valence-corrected chi connectivity index (χ3v) is 6.61.